The molecular formula is C9H16O4. The topological polar surface area (TPSA) is 55.8 Å². The van der Waals surface area contributed by atoms with Crippen LogP contribution in [0.1, 0.15) is 26.2 Å². The predicted octanol–water partition coefficient (Wildman–Crippen LogP) is 0.481. The summed E-state index contributed by atoms with van der Waals surface area (Å²) in [5.41, 5.74) is -0.898. The van der Waals surface area contributed by atoms with Crippen molar-refractivity contribution in [3.8, 4) is 0 Å². The van der Waals surface area contributed by atoms with Crippen LogP contribution >= 0.6 is 0 Å². The fraction of sp³-hybridized carbons (Fsp3) is 0.889. The average molecular weight is 188 g/mol. The van der Waals surface area contributed by atoms with E-state index in [0.717, 1.165) is 0 Å². The van der Waals surface area contributed by atoms with Crippen LogP contribution in [0.2, 0.25) is 0 Å². The summed E-state index contributed by atoms with van der Waals surface area (Å²) in [5.74, 6) is -0.327. The first kappa shape index (κ1) is 10.5. The van der Waals surface area contributed by atoms with Gasteiger partial charge < -0.3 is 14.6 Å². The minimum atomic E-state index is -0.898. The van der Waals surface area contributed by atoms with Crippen LogP contribution in [0.3, 0.4) is 0 Å². The van der Waals surface area contributed by atoms with E-state index in [1.165, 1.54) is 0 Å². The van der Waals surface area contributed by atoms with Crippen molar-refractivity contribution in [3.05, 3.63) is 0 Å². The summed E-state index contributed by atoms with van der Waals surface area (Å²) in [6.07, 6.45) is 1.13. The molecule has 4 nitrogen and oxygen atoms in total. The number of carbonyl (C=O) groups excluding carboxylic acids is 1. The lowest BCUT2D eigenvalue weighted by atomic mass is 9.91. The highest BCUT2D eigenvalue weighted by Gasteiger charge is 2.32. The van der Waals surface area contributed by atoms with Crippen molar-refractivity contribution in [2.45, 2.75) is 31.8 Å². The van der Waals surface area contributed by atoms with Crippen LogP contribution in [-0.4, -0.2) is 36.5 Å². The SMILES string of the molecule is CCOC(=O)CC1(O)CCOCC1. The van der Waals surface area contributed by atoms with Gasteiger partial charge in [-0.3, -0.25) is 4.79 Å². The lowest BCUT2D eigenvalue weighted by Crippen LogP contribution is -2.38. The van der Waals surface area contributed by atoms with E-state index < -0.39 is 5.60 Å². The molecule has 0 aromatic carbocycles. The van der Waals surface area contributed by atoms with Gasteiger partial charge in [-0.05, 0) is 6.92 Å². The molecule has 0 saturated carbocycles. The van der Waals surface area contributed by atoms with Crippen molar-refractivity contribution < 1.29 is 19.4 Å². The minimum absolute atomic E-state index is 0.0875. The maximum atomic E-state index is 11.1. The quantitative estimate of drug-likeness (QED) is 0.654. The average Bonchev–Trinajstić information content (AvgIpc) is 2.04. The molecule has 0 radical (unpaired) electrons. The van der Waals surface area contributed by atoms with Crippen LogP contribution in [0.15, 0.2) is 0 Å². The highest BCUT2D eigenvalue weighted by atomic mass is 16.5. The molecule has 76 valence electrons. The zero-order valence-electron chi connectivity index (χ0n) is 7.91. The number of hydrogen-bond acceptors (Lipinski definition) is 4. The second-order valence-electron chi connectivity index (χ2n) is 3.32. The molecule has 0 atom stereocenters. The molecule has 4 heteroatoms. The van der Waals surface area contributed by atoms with Gasteiger partial charge in [0.25, 0.3) is 0 Å². The highest BCUT2D eigenvalue weighted by Crippen LogP contribution is 2.24. The molecular weight excluding hydrogens is 172 g/mol. The van der Waals surface area contributed by atoms with Gasteiger partial charge in [-0.2, -0.15) is 0 Å². The first-order valence-corrected chi connectivity index (χ1v) is 4.62. The maximum absolute atomic E-state index is 11.1. The Morgan fingerprint density at radius 3 is 2.69 bits per heavy atom. The van der Waals surface area contributed by atoms with Crippen LogP contribution in [0.5, 0.6) is 0 Å². The van der Waals surface area contributed by atoms with Gasteiger partial charge in [0, 0.05) is 26.1 Å². The Balaban J connectivity index is 2.36. The Hall–Kier alpha value is -0.610. The van der Waals surface area contributed by atoms with Gasteiger partial charge in [-0.1, -0.05) is 0 Å². The third-order valence-corrected chi connectivity index (χ3v) is 2.20. The molecule has 1 N–H and O–H groups in total. The molecule has 0 unspecified atom stereocenters. The van der Waals surface area contributed by atoms with E-state index >= 15 is 0 Å². The molecule has 1 fully saturated rings. The summed E-state index contributed by atoms with van der Waals surface area (Å²) in [5, 5.41) is 9.89. The number of aliphatic hydroxyl groups is 1. The summed E-state index contributed by atoms with van der Waals surface area (Å²) >= 11 is 0. The molecule has 1 saturated heterocycles. The smallest absolute Gasteiger partial charge is 0.308 e. The zero-order chi connectivity index (χ0) is 9.73. The number of esters is 1. The first-order valence-electron chi connectivity index (χ1n) is 4.62. The van der Waals surface area contributed by atoms with E-state index in [4.69, 9.17) is 9.47 Å². The van der Waals surface area contributed by atoms with Crippen LogP contribution in [0.4, 0.5) is 0 Å². The van der Waals surface area contributed by atoms with E-state index in [1.807, 2.05) is 0 Å². The van der Waals surface area contributed by atoms with Crippen molar-refractivity contribution in [1.82, 2.24) is 0 Å². The second-order valence-corrected chi connectivity index (χ2v) is 3.32. The fourth-order valence-electron chi connectivity index (χ4n) is 1.41. The van der Waals surface area contributed by atoms with Gasteiger partial charge in [-0.25, -0.2) is 0 Å². The Morgan fingerprint density at radius 2 is 2.15 bits per heavy atom. The summed E-state index contributed by atoms with van der Waals surface area (Å²) in [6.45, 7) is 3.17. The second kappa shape index (κ2) is 4.58. The van der Waals surface area contributed by atoms with E-state index in [2.05, 4.69) is 0 Å². The van der Waals surface area contributed by atoms with Gasteiger partial charge in [0.05, 0.1) is 18.6 Å². The third kappa shape index (κ3) is 3.32. The number of carbonyl (C=O) groups is 1. The van der Waals surface area contributed by atoms with Crippen LogP contribution in [-0.2, 0) is 14.3 Å². The molecule has 0 aliphatic carbocycles. The van der Waals surface area contributed by atoms with Crippen molar-refractivity contribution >= 4 is 5.97 Å². The summed E-state index contributed by atoms with van der Waals surface area (Å²) in [6, 6.07) is 0. The van der Waals surface area contributed by atoms with Crippen molar-refractivity contribution in [2.24, 2.45) is 0 Å². The van der Waals surface area contributed by atoms with Gasteiger partial charge in [0.1, 0.15) is 0 Å². The van der Waals surface area contributed by atoms with E-state index in [0.29, 0.717) is 32.7 Å². The Bertz CT molecular complexity index is 172. The molecule has 1 rings (SSSR count). The van der Waals surface area contributed by atoms with Crippen molar-refractivity contribution in [1.29, 1.82) is 0 Å². The maximum Gasteiger partial charge on any atom is 0.308 e. The molecule has 0 aromatic heterocycles. The third-order valence-electron chi connectivity index (χ3n) is 2.20. The van der Waals surface area contributed by atoms with Gasteiger partial charge in [-0.15, -0.1) is 0 Å². The molecule has 13 heavy (non-hydrogen) atoms. The summed E-state index contributed by atoms with van der Waals surface area (Å²) < 4.78 is 9.86. The first-order chi connectivity index (χ1) is 6.16. The van der Waals surface area contributed by atoms with Gasteiger partial charge in [0.2, 0.25) is 0 Å². The monoisotopic (exact) mass is 188 g/mol. The predicted molar refractivity (Wildman–Crippen MR) is 46.3 cm³/mol. The molecule has 0 bridgehead atoms. The molecule has 0 aromatic rings. The zero-order valence-corrected chi connectivity index (χ0v) is 7.91. The van der Waals surface area contributed by atoms with Crippen LogP contribution < -0.4 is 0 Å². The highest BCUT2D eigenvalue weighted by molar-refractivity contribution is 5.70. The van der Waals surface area contributed by atoms with Crippen LogP contribution in [0, 0.1) is 0 Å². The van der Waals surface area contributed by atoms with E-state index in [-0.39, 0.29) is 12.4 Å². The lowest BCUT2D eigenvalue weighted by molar-refractivity contribution is -0.152. The van der Waals surface area contributed by atoms with Crippen molar-refractivity contribution in [3.63, 3.8) is 0 Å². The fourth-order valence-corrected chi connectivity index (χ4v) is 1.41. The summed E-state index contributed by atoms with van der Waals surface area (Å²) in [7, 11) is 0. The van der Waals surface area contributed by atoms with E-state index in [1.54, 1.807) is 6.92 Å². The molecule has 1 aliphatic heterocycles. The molecule has 0 amide bonds. The summed E-state index contributed by atoms with van der Waals surface area (Å²) in [4.78, 5) is 11.1. The largest absolute Gasteiger partial charge is 0.466 e. The minimum Gasteiger partial charge on any atom is -0.466 e. The Labute approximate surface area is 77.8 Å². The Kier molecular flexibility index (Phi) is 3.69. The van der Waals surface area contributed by atoms with E-state index in [9.17, 15) is 9.90 Å². The van der Waals surface area contributed by atoms with Crippen LogP contribution in [0.25, 0.3) is 0 Å². The normalized spacial score (nSPS) is 21.1. The van der Waals surface area contributed by atoms with Gasteiger partial charge in [0.15, 0.2) is 0 Å². The Morgan fingerprint density at radius 1 is 1.54 bits per heavy atom. The standard InChI is InChI=1S/C9H16O4/c1-2-13-8(10)7-9(11)3-5-12-6-4-9/h11H,2-7H2,1H3. The van der Waals surface area contributed by atoms with Crippen molar-refractivity contribution in [2.75, 3.05) is 19.8 Å². The number of hydrogen-bond donors (Lipinski definition) is 1. The van der Waals surface area contributed by atoms with Gasteiger partial charge >= 0.3 is 5.97 Å². The number of rotatable bonds is 3. The molecule has 0 spiro atoms. The lowest BCUT2D eigenvalue weighted by Gasteiger charge is -2.30. The molecule has 1 aliphatic rings. The number of ether oxygens (including phenoxy) is 2. The molecule has 1 heterocycles.